The van der Waals surface area contributed by atoms with Gasteiger partial charge in [-0.05, 0) is 19.3 Å². The topological polar surface area (TPSA) is 77.4 Å². The Bertz CT molecular complexity index is 374. The van der Waals surface area contributed by atoms with Crippen molar-refractivity contribution in [3.05, 3.63) is 0 Å². The Morgan fingerprint density at radius 1 is 0.692 bits per heavy atom. The first-order chi connectivity index (χ1) is 12.0. The van der Waals surface area contributed by atoms with E-state index in [9.17, 15) is 18.1 Å². The molecule has 0 saturated heterocycles. The van der Waals surface area contributed by atoms with Gasteiger partial charge in [0.2, 0.25) is 0 Å². The summed E-state index contributed by atoms with van der Waals surface area (Å²) in [5, 5.41) is 9.94. The van der Waals surface area contributed by atoms with E-state index in [0.29, 0.717) is 6.42 Å². The zero-order valence-corrected chi connectivity index (χ0v) is 20.2. The second-order valence-corrected chi connectivity index (χ2v) is 8.97. The molecule has 152 valence electrons. The molecule has 0 rings (SSSR count). The summed E-state index contributed by atoms with van der Waals surface area (Å²) in [7, 11) is -4.02. The van der Waals surface area contributed by atoms with Gasteiger partial charge in [0.1, 0.15) is 0 Å². The van der Waals surface area contributed by atoms with Gasteiger partial charge in [0, 0.05) is 5.75 Å². The summed E-state index contributed by atoms with van der Waals surface area (Å²) in [5.41, 5.74) is 0. The molecule has 0 aliphatic heterocycles. The summed E-state index contributed by atoms with van der Waals surface area (Å²) >= 11 is 0. The van der Waals surface area contributed by atoms with Gasteiger partial charge in [0.15, 0.2) is 0 Å². The molecule has 0 amide bonds. The first kappa shape index (κ1) is 29.1. The molecule has 1 atom stereocenters. The van der Waals surface area contributed by atoms with Crippen molar-refractivity contribution in [2.45, 2.75) is 122 Å². The minimum absolute atomic E-state index is 0. The van der Waals surface area contributed by atoms with Crippen LogP contribution in [0.4, 0.5) is 0 Å². The second kappa shape index (κ2) is 20.6. The van der Waals surface area contributed by atoms with Gasteiger partial charge in [-0.1, -0.05) is 96.8 Å². The van der Waals surface area contributed by atoms with E-state index in [4.69, 9.17) is 0 Å². The maximum atomic E-state index is 10.5. The van der Waals surface area contributed by atoms with Crippen LogP contribution >= 0.6 is 0 Å². The van der Waals surface area contributed by atoms with Gasteiger partial charge < -0.3 is 9.66 Å². The molecule has 26 heavy (non-hydrogen) atoms. The fourth-order valence-corrected chi connectivity index (χ4v) is 3.76. The summed E-state index contributed by atoms with van der Waals surface area (Å²) in [6.07, 6.45) is 19.0. The normalized spacial score (nSPS) is 12.7. The van der Waals surface area contributed by atoms with Gasteiger partial charge in [-0.25, -0.2) is 8.42 Å². The quantitative estimate of drug-likeness (QED) is 0.205. The van der Waals surface area contributed by atoms with E-state index >= 15 is 0 Å². The second-order valence-electron chi connectivity index (χ2n) is 7.44. The number of rotatable bonds is 19. The fourth-order valence-electron chi connectivity index (χ4n) is 3.20. The minimum Gasteiger partial charge on any atom is -0.748 e. The number of unbranched alkanes of at least 4 members (excludes halogenated alkanes) is 13. The molecule has 0 aromatic rings. The Morgan fingerprint density at radius 3 is 1.42 bits per heavy atom. The van der Waals surface area contributed by atoms with Crippen LogP contribution in [0.3, 0.4) is 0 Å². The van der Waals surface area contributed by atoms with Gasteiger partial charge in [-0.3, -0.25) is 0 Å². The molecule has 0 heterocycles. The molecule has 1 unspecified atom stereocenters. The smallest absolute Gasteiger partial charge is 0.748 e. The van der Waals surface area contributed by atoms with Gasteiger partial charge in [0.05, 0.1) is 16.2 Å². The summed E-state index contributed by atoms with van der Waals surface area (Å²) in [5.74, 6) is -0.211. The van der Waals surface area contributed by atoms with Crippen LogP contribution in [0, 0.1) is 0 Å². The zero-order chi connectivity index (χ0) is 18.8. The number of hydrogen-bond donors (Lipinski definition) is 1. The molecule has 0 aromatic heterocycles. The molecule has 6 heteroatoms. The maximum Gasteiger partial charge on any atom is 1.00 e. The molecule has 0 saturated carbocycles. The fraction of sp³-hybridized carbons (Fsp3) is 1.00. The largest absolute Gasteiger partial charge is 1.00 e. The molecular weight excluding hydrogens is 359 g/mol. The third kappa shape index (κ3) is 24.9. The average molecular weight is 401 g/mol. The Kier molecular flexibility index (Phi) is 23.0. The first-order valence-corrected chi connectivity index (χ1v) is 12.1. The van der Waals surface area contributed by atoms with Crippen molar-refractivity contribution in [1.29, 1.82) is 0 Å². The standard InChI is InChI=1S/C20H42O4S.Na/c1-2-3-4-11-14-17-20(21)18-15-12-9-7-5-6-8-10-13-16-19-25(22,23)24;/h20-21H,2-19H2,1H3,(H,22,23,24);/q;+1/p-1. The van der Waals surface area contributed by atoms with Crippen molar-refractivity contribution in [3.63, 3.8) is 0 Å². The molecule has 0 aliphatic carbocycles. The molecule has 0 radical (unpaired) electrons. The van der Waals surface area contributed by atoms with E-state index in [2.05, 4.69) is 6.92 Å². The predicted molar refractivity (Wildman–Crippen MR) is 105 cm³/mol. The van der Waals surface area contributed by atoms with Gasteiger partial charge in [-0.2, -0.15) is 0 Å². The Balaban J connectivity index is 0. The molecule has 4 nitrogen and oxygen atoms in total. The molecule has 0 fully saturated rings. The molecule has 0 aromatic carbocycles. The Hall–Kier alpha value is 0.870. The van der Waals surface area contributed by atoms with Crippen LogP contribution in [0.15, 0.2) is 0 Å². The van der Waals surface area contributed by atoms with Crippen molar-refractivity contribution >= 4 is 10.1 Å². The van der Waals surface area contributed by atoms with Crippen molar-refractivity contribution in [2.24, 2.45) is 0 Å². The Labute approximate surface area is 185 Å². The monoisotopic (exact) mass is 400 g/mol. The van der Waals surface area contributed by atoms with Crippen LogP contribution in [-0.2, 0) is 10.1 Å². The first-order valence-electron chi connectivity index (χ1n) is 10.6. The van der Waals surface area contributed by atoms with Crippen LogP contribution in [0.25, 0.3) is 0 Å². The van der Waals surface area contributed by atoms with Gasteiger partial charge in [-0.15, -0.1) is 0 Å². The van der Waals surface area contributed by atoms with Crippen LogP contribution in [0.1, 0.15) is 116 Å². The van der Waals surface area contributed by atoms with Gasteiger partial charge >= 0.3 is 29.6 Å². The summed E-state index contributed by atoms with van der Waals surface area (Å²) in [6.45, 7) is 2.22. The molecule has 1 N–H and O–H groups in total. The van der Waals surface area contributed by atoms with E-state index in [1.807, 2.05) is 0 Å². The van der Waals surface area contributed by atoms with Crippen LogP contribution < -0.4 is 29.6 Å². The van der Waals surface area contributed by atoms with Crippen molar-refractivity contribution in [1.82, 2.24) is 0 Å². The predicted octanol–water partition coefficient (Wildman–Crippen LogP) is 2.55. The Morgan fingerprint density at radius 2 is 1.04 bits per heavy atom. The van der Waals surface area contributed by atoms with E-state index in [1.165, 1.54) is 64.2 Å². The van der Waals surface area contributed by atoms with E-state index in [-0.39, 0.29) is 41.4 Å². The number of hydrogen-bond acceptors (Lipinski definition) is 4. The molecular formula is C20H41NaO4S. The van der Waals surface area contributed by atoms with E-state index in [1.54, 1.807) is 0 Å². The summed E-state index contributed by atoms with van der Waals surface area (Å²) in [6, 6.07) is 0. The molecule has 0 aliphatic rings. The number of aliphatic hydroxyl groups is 1. The van der Waals surface area contributed by atoms with Crippen molar-refractivity contribution in [2.75, 3.05) is 5.75 Å². The molecule has 0 bridgehead atoms. The summed E-state index contributed by atoms with van der Waals surface area (Å²) < 4.78 is 31.4. The third-order valence-corrected chi connectivity index (χ3v) is 5.61. The van der Waals surface area contributed by atoms with Crippen LogP contribution in [0.2, 0.25) is 0 Å². The van der Waals surface area contributed by atoms with Crippen LogP contribution in [-0.4, -0.2) is 29.9 Å². The maximum absolute atomic E-state index is 10.5. The van der Waals surface area contributed by atoms with Crippen LogP contribution in [0.5, 0.6) is 0 Å². The average Bonchev–Trinajstić information content (AvgIpc) is 2.54. The van der Waals surface area contributed by atoms with Crippen molar-refractivity contribution in [3.8, 4) is 0 Å². The SMILES string of the molecule is CCCCCCCC(O)CCCCCCCCCCCCS(=O)(=O)[O-].[Na+]. The third-order valence-electron chi connectivity index (χ3n) is 4.82. The van der Waals surface area contributed by atoms with E-state index < -0.39 is 10.1 Å². The molecule has 0 spiro atoms. The van der Waals surface area contributed by atoms with Gasteiger partial charge in [0.25, 0.3) is 0 Å². The summed E-state index contributed by atoms with van der Waals surface area (Å²) in [4.78, 5) is 0. The van der Waals surface area contributed by atoms with E-state index in [0.717, 1.165) is 38.5 Å². The minimum atomic E-state index is -4.02. The van der Waals surface area contributed by atoms with Crippen molar-refractivity contribution < 1.29 is 47.6 Å². The zero-order valence-electron chi connectivity index (χ0n) is 17.4. The number of aliphatic hydroxyl groups excluding tert-OH is 1.